The van der Waals surface area contributed by atoms with Crippen LogP contribution in [0.15, 0.2) is 36.4 Å². The number of nitrogens with one attached hydrogen (secondary N) is 2. The summed E-state index contributed by atoms with van der Waals surface area (Å²) in [5.41, 5.74) is 8.84. The molecule has 0 bridgehead atoms. The number of nitrogens with two attached hydrogens (primary N) is 1. The fraction of sp³-hybridized carbons (Fsp3) is 0.300. The number of benzene rings is 2. The van der Waals surface area contributed by atoms with Crippen molar-refractivity contribution in [3.8, 4) is 0 Å². The Balaban J connectivity index is 0.00000300. The van der Waals surface area contributed by atoms with Gasteiger partial charge in [-0.25, -0.2) is 4.79 Å². The molecule has 29 heavy (non-hydrogen) atoms. The van der Waals surface area contributed by atoms with E-state index < -0.39 is 18.1 Å². The fourth-order valence-electron chi connectivity index (χ4n) is 3.32. The zero-order chi connectivity index (χ0) is 20.3. The summed E-state index contributed by atoms with van der Waals surface area (Å²) in [6.45, 7) is 0.478. The lowest BCUT2D eigenvalue weighted by atomic mass is 9.92. The molecule has 0 spiro atoms. The molecule has 0 fully saturated rings. The molecule has 1 heterocycles. The summed E-state index contributed by atoms with van der Waals surface area (Å²) < 4.78 is 0. The van der Waals surface area contributed by atoms with Gasteiger partial charge in [-0.05, 0) is 29.7 Å². The van der Waals surface area contributed by atoms with Gasteiger partial charge in [-0.3, -0.25) is 4.79 Å². The molecular formula is C20H22Cl3N3O3. The predicted molar refractivity (Wildman–Crippen MR) is 117 cm³/mol. The number of rotatable bonds is 6. The fourth-order valence-corrected chi connectivity index (χ4v) is 3.94. The van der Waals surface area contributed by atoms with Crippen molar-refractivity contribution in [3.63, 3.8) is 0 Å². The minimum absolute atomic E-state index is 0. The van der Waals surface area contributed by atoms with E-state index in [0.29, 0.717) is 34.3 Å². The Hall–Kier alpha value is -1.99. The van der Waals surface area contributed by atoms with E-state index in [1.165, 1.54) is 0 Å². The molecule has 1 aliphatic heterocycles. The molecule has 0 aliphatic carbocycles. The Labute approximate surface area is 185 Å². The number of anilines is 1. The number of hydrogen-bond donors (Lipinski definition) is 4. The van der Waals surface area contributed by atoms with Crippen LogP contribution in [0, 0.1) is 0 Å². The zero-order valence-corrected chi connectivity index (χ0v) is 17.8. The highest BCUT2D eigenvalue weighted by Gasteiger charge is 2.33. The summed E-state index contributed by atoms with van der Waals surface area (Å²) in [6, 6.07) is 9.65. The molecule has 0 radical (unpaired) electrons. The highest BCUT2D eigenvalue weighted by molar-refractivity contribution is 6.35. The molecule has 2 unspecified atom stereocenters. The maximum absolute atomic E-state index is 12.5. The molecule has 0 saturated heterocycles. The van der Waals surface area contributed by atoms with Gasteiger partial charge in [-0.15, -0.1) is 12.4 Å². The number of carboxylic acids is 1. The first-order chi connectivity index (χ1) is 13.4. The lowest BCUT2D eigenvalue weighted by molar-refractivity contribution is -0.138. The third-order valence-corrected chi connectivity index (χ3v) is 5.31. The average Bonchev–Trinajstić information content (AvgIpc) is 2.65. The number of aryl methyl sites for hydroxylation is 1. The summed E-state index contributed by atoms with van der Waals surface area (Å²) in [7, 11) is 0. The van der Waals surface area contributed by atoms with Crippen LogP contribution in [0.5, 0.6) is 0 Å². The van der Waals surface area contributed by atoms with Crippen LogP contribution in [-0.4, -0.2) is 23.0 Å². The largest absolute Gasteiger partial charge is 0.480 e. The normalized spacial score (nSPS) is 17.5. The predicted octanol–water partition coefficient (Wildman–Crippen LogP) is 3.93. The molecule has 3 rings (SSSR count). The topological polar surface area (TPSA) is 104 Å². The number of carbonyl (C=O) groups excluding carboxylic acids is 1. The van der Waals surface area contributed by atoms with Crippen LogP contribution in [-0.2, 0) is 22.6 Å². The van der Waals surface area contributed by atoms with Crippen molar-refractivity contribution in [2.24, 2.45) is 5.73 Å². The van der Waals surface area contributed by atoms with Crippen molar-refractivity contribution in [2.75, 3.05) is 5.32 Å². The molecule has 9 heteroatoms. The number of hydrogen-bond acceptors (Lipinski definition) is 4. The first-order valence-electron chi connectivity index (χ1n) is 8.93. The van der Waals surface area contributed by atoms with Crippen molar-refractivity contribution in [1.29, 1.82) is 0 Å². The average molecular weight is 459 g/mol. The number of carbonyl (C=O) groups is 2. The SMILES string of the molecule is Cl.NCc1ccc(CCC(=O)NC2CC(C(=O)O)Nc3cc(Cl)cc(Cl)c32)cc1. The highest BCUT2D eigenvalue weighted by Crippen LogP contribution is 2.39. The van der Waals surface area contributed by atoms with Crippen molar-refractivity contribution in [2.45, 2.75) is 37.9 Å². The first kappa shape index (κ1) is 23.3. The monoisotopic (exact) mass is 457 g/mol. The summed E-state index contributed by atoms with van der Waals surface area (Å²) in [6.07, 6.45) is 1.05. The second-order valence-corrected chi connectivity index (χ2v) is 7.60. The van der Waals surface area contributed by atoms with E-state index in [1.807, 2.05) is 24.3 Å². The second-order valence-electron chi connectivity index (χ2n) is 6.76. The molecule has 2 aromatic carbocycles. The third kappa shape index (κ3) is 5.76. The Bertz CT molecular complexity index is 891. The van der Waals surface area contributed by atoms with E-state index in [1.54, 1.807) is 12.1 Å². The highest BCUT2D eigenvalue weighted by atomic mass is 35.5. The van der Waals surface area contributed by atoms with E-state index in [9.17, 15) is 14.7 Å². The van der Waals surface area contributed by atoms with E-state index in [2.05, 4.69) is 10.6 Å². The number of carboxylic acid groups (broad SMARTS) is 1. The molecule has 1 aliphatic rings. The van der Waals surface area contributed by atoms with Crippen molar-refractivity contribution >= 4 is 53.2 Å². The van der Waals surface area contributed by atoms with Crippen LogP contribution < -0.4 is 16.4 Å². The standard InChI is InChI=1S/C20H21Cl2N3O3.ClH/c21-13-7-14(22)19-15(8-13)24-17(20(27)28)9-16(19)25-18(26)6-5-11-1-3-12(10-23)4-2-11;/h1-4,7-8,16-17,24H,5-6,9-10,23H2,(H,25,26)(H,27,28);1H. The van der Waals surface area contributed by atoms with Gasteiger partial charge in [-0.2, -0.15) is 0 Å². The van der Waals surface area contributed by atoms with E-state index in [0.717, 1.165) is 11.1 Å². The molecule has 2 atom stereocenters. The molecule has 2 aromatic rings. The Morgan fingerprint density at radius 2 is 1.83 bits per heavy atom. The first-order valence-corrected chi connectivity index (χ1v) is 9.68. The Morgan fingerprint density at radius 1 is 1.17 bits per heavy atom. The van der Waals surface area contributed by atoms with Crippen LogP contribution in [0.2, 0.25) is 10.0 Å². The van der Waals surface area contributed by atoms with Crippen LogP contribution in [0.4, 0.5) is 5.69 Å². The molecule has 0 aromatic heterocycles. The van der Waals surface area contributed by atoms with Gasteiger partial charge in [0.2, 0.25) is 5.91 Å². The van der Waals surface area contributed by atoms with Gasteiger partial charge in [0.05, 0.1) is 6.04 Å². The summed E-state index contributed by atoms with van der Waals surface area (Å²) in [5, 5.41) is 16.0. The molecule has 5 N–H and O–H groups in total. The maximum Gasteiger partial charge on any atom is 0.326 e. The van der Waals surface area contributed by atoms with E-state index >= 15 is 0 Å². The van der Waals surface area contributed by atoms with Crippen molar-refractivity contribution in [3.05, 3.63) is 63.1 Å². The van der Waals surface area contributed by atoms with Gasteiger partial charge in [0.1, 0.15) is 6.04 Å². The number of amides is 1. The maximum atomic E-state index is 12.5. The zero-order valence-electron chi connectivity index (χ0n) is 15.5. The number of halogens is 3. The smallest absolute Gasteiger partial charge is 0.326 e. The van der Waals surface area contributed by atoms with Gasteiger partial charge in [-0.1, -0.05) is 47.5 Å². The Morgan fingerprint density at radius 3 is 2.45 bits per heavy atom. The third-order valence-electron chi connectivity index (χ3n) is 4.78. The minimum Gasteiger partial charge on any atom is -0.480 e. The van der Waals surface area contributed by atoms with Crippen LogP contribution in [0.25, 0.3) is 0 Å². The Kier molecular flexibility index (Phi) is 8.16. The second kappa shape index (κ2) is 10.2. The minimum atomic E-state index is -0.999. The van der Waals surface area contributed by atoms with Gasteiger partial charge in [0.25, 0.3) is 0 Å². The lowest BCUT2D eigenvalue weighted by Gasteiger charge is -2.32. The van der Waals surface area contributed by atoms with E-state index in [-0.39, 0.29) is 31.2 Å². The lowest BCUT2D eigenvalue weighted by Crippen LogP contribution is -2.41. The molecule has 156 valence electrons. The quantitative estimate of drug-likeness (QED) is 0.525. The summed E-state index contributed by atoms with van der Waals surface area (Å²) in [5.74, 6) is -1.17. The number of fused-ring (bicyclic) bond motifs is 1. The van der Waals surface area contributed by atoms with Gasteiger partial charge < -0.3 is 21.5 Å². The van der Waals surface area contributed by atoms with Crippen molar-refractivity contribution in [1.82, 2.24) is 5.32 Å². The summed E-state index contributed by atoms with van der Waals surface area (Å²) in [4.78, 5) is 24.0. The van der Waals surface area contributed by atoms with Crippen LogP contribution >= 0.6 is 35.6 Å². The summed E-state index contributed by atoms with van der Waals surface area (Å²) >= 11 is 12.4. The van der Waals surface area contributed by atoms with Crippen molar-refractivity contribution < 1.29 is 14.7 Å². The molecular weight excluding hydrogens is 437 g/mol. The molecule has 6 nitrogen and oxygen atoms in total. The molecule has 0 saturated carbocycles. The van der Waals surface area contributed by atoms with E-state index in [4.69, 9.17) is 28.9 Å². The van der Waals surface area contributed by atoms with Gasteiger partial charge in [0, 0.05) is 40.7 Å². The number of aliphatic carboxylic acids is 1. The van der Waals surface area contributed by atoms with Gasteiger partial charge >= 0.3 is 5.97 Å². The van der Waals surface area contributed by atoms with Crippen LogP contribution in [0.3, 0.4) is 0 Å². The van der Waals surface area contributed by atoms with Crippen LogP contribution in [0.1, 0.15) is 35.6 Å². The van der Waals surface area contributed by atoms with Gasteiger partial charge in [0.15, 0.2) is 0 Å². The molecule has 1 amide bonds.